The van der Waals surface area contributed by atoms with Crippen LogP contribution in [0, 0.1) is 17.2 Å². The van der Waals surface area contributed by atoms with Gasteiger partial charge in [-0.2, -0.15) is 5.26 Å². The predicted octanol–water partition coefficient (Wildman–Crippen LogP) is 5.43. The molecule has 1 atom stereocenters. The number of fused-ring (bicyclic) bond motifs is 2. The Labute approximate surface area is 160 Å². The number of halogens is 1. The molecule has 1 aromatic heterocycles. The molecular weight excluding hydrogens is 344 g/mol. The van der Waals surface area contributed by atoms with Crippen LogP contribution in [0.4, 0.5) is 0 Å². The van der Waals surface area contributed by atoms with E-state index in [0.29, 0.717) is 10.9 Å². The van der Waals surface area contributed by atoms with Gasteiger partial charge in [0.2, 0.25) is 0 Å². The number of hydrogen-bond donors (Lipinski definition) is 0. The molecule has 0 bridgehead atoms. The van der Waals surface area contributed by atoms with E-state index in [2.05, 4.69) is 24.3 Å². The maximum atomic E-state index is 9.26. The Morgan fingerprint density at radius 1 is 1.31 bits per heavy atom. The van der Waals surface area contributed by atoms with Crippen LogP contribution in [0.1, 0.15) is 54.8 Å². The van der Waals surface area contributed by atoms with Gasteiger partial charge in [-0.15, -0.1) is 0 Å². The molecule has 134 valence electrons. The van der Waals surface area contributed by atoms with Gasteiger partial charge in [0.15, 0.2) is 0 Å². The van der Waals surface area contributed by atoms with Crippen molar-refractivity contribution in [3.8, 4) is 11.8 Å². The first-order valence-electron chi connectivity index (χ1n) is 9.32. The van der Waals surface area contributed by atoms with Crippen molar-refractivity contribution >= 4 is 11.6 Å². The lowest BCUT2D eigenvalue weighted by molar-refractivity contribution is 0.169. The first-order chi connectivity index (χ1) is 12.6. The molecule has 2 aliphatic carbocycles. The second-order valence-corrected chi connectivity index (χ2v) is 8.18. The molecule has 0 amide bonds. The van der Waals surface area contributed by atoms with Crippen LogP contribution in [-0.2, 0) is 11.8 Å². The highest BCUT2D eigenvalue weighted by molar-refractivity contribution is 6.30. The highest BCUT2D eigenvalue weighted by Gasteiger charge is 2.48. The van der Waals surface area contributed by atoms with Gasteiger partial charge in [-0.3, -0.25) is 4.98 Å². The molecule has 26 heavy (non-hydrogen) atoms. The summed E-state index contributed by atoms with van der Waals surface area (Å²) < 4.78 is 5.27. The molecule has 0 aliphatic heterocycles. The first kappa shape index (κ1) is 17.4. The van der Waals surface area contributed by atoms with Gasteiger partial charge in [0, 0.05) is 23.7 Å². The first-order valence-corrected chi connectivity index (χ1v) is 9.70. The summed E-state index contributed by atoms with van der Waals surface area (Å²) in [6.07, 6.45) is 8.10. The SMILES string of the molecule is COc1ccc(CC2CCCC3(CC(C#N)C3)c3cc(Cl)cnc32)cc1. The largest absolute Gasteiger partial charge is 0.497 e. The predicted molar refractivity (Wildman–Crippen MR) is 103 cm³/mol. The molecule has 1 heterocycles. The van der Waals surface area contributed by atoms with Crippen LogP contribution >= 0.6 is 11.6 Å². The van der Waals surface area contributed by atoms with Gasteiger partial charge < -0.3 is 4.74 Å². The van der Waals surface area contributed by atoms with Gasteiger partial charge in [0.1, 0.15) is 5.75 Å². The molecule has 0 saturated heterocycles. The molecule has 1 saturated carbocycles. The van der Waals surface area contributed by atoms with Crippen LogP contribution in [0.25, 0.3) is 0 Å². The molecule has 3 nitrogen and oxygen atoms in total. The molecular formula is C22H23ClN2O. The highest BCUT2D eigenvalue weighted by atomic mass is 35.5. The second-order valence-electron chi connectivity index (χ2n) is 7.74. The summed E-state index contributed by atoms with van der Waals surface area (Å²) >= 11 is 6.31. The van der Waals surface area contributed by atoms with Crippen molar-refractivity contribution in [1.29, 1.82) is 5.26 Å². The Bertz CT molecular complexity index is 834. The zero-order valence-electron chi connectivity index (χ0n) is 15.0. The molecule has 4 rings (SSSR count). The molecule has 0 N–H and O–H groups in total. The fourth-order valence-electron chi connectivity index (χ4n) is 4.80. The molecule has 2 aliphatic rings. The molecule has 1 fully saturated rings. The number of nitriles is 1. The van der Waals surface area contributed by atoms with Crippen LogP contribution in [0.15, 0.2) is 36.5 Å². The summed E-state index contributed by atoms with van der Waals surface area (Å²) in [5, 5.41) is 9.96. The van der Waals surface area contributed by atoms with E-state index in [4.69, 9.17) is 21.3 Å². The van der Waals surface area contributed by atoms with Gasteiger partial charge in [0.25, 0.3) is 0 Å². The third-order valence-electron chi connectivity index (χ3n) is 6.15. The Hall–Kier alpha value is -2.05. The fourth-order valence-corrected chi connectivity index (χ4v) is 4.96. The maximum absolute atomic E-state index is 9.26. The van der Waals surface area contributed by atoms with Crippen LogP contribution in [0.2, 0.25) is 5.02 Å². The minimum Gasteiger partial charge on any atom is -0.497 e. The highest BCUT2D eigenvalue weighted by Crippen LogP contribution is 2.55. The number of aromatic nitrogens is 1. The summed E-state index contributed by atoms with van der Waals surface area (Å²) in [4.78, 5) is 4.78. The molecule has 2 aromatic rings. The van der Waals surface area contributed by atoms with Crippen molar-refractivity contribution in [2.45, 2.75) is 49.9 Å². The third-order valence-corrected chi connectivity index (χ3v) is 6.36. The van der Waals surface area contributed by atoms with Crippen molar-refractivity contribution in [3.63, 3.8) is 0 Å². The number of methoxy groups -OCH3 is 1. The number of hydrogen-bond acceptors (Lipinski definition) is 3. The second kappa shape index (κ2) is 6.93. The number of pyridine rings is 1. The zero-order valence-corrected chi connectivity index (χ0v) is 15.8. The normalized spacial score (nSPS) is 27.1. The standard InChI is InChI=1S/C22H23ClN2O/c1-26-19-6-4-15(5-7-19)9-17-3-2-8-22(11-16(12-22)13-24)20-10-18(23)14-25-21(17)20/h4-7,10,14,16-17H,2-3,8-9,11-12H2,1H3. The number of ether oxygens (including phenoxy) is 1. The van der Waals surface area contributed by atoms with Crippen molar-refractivity contribution in [2.24, 2.45) is 5.92 Å². The molecule has 1 spiro atoms. The minimum absolute atomic E-state index is 0.113. The third kappa shape index (κ3) is 3.08. The van der Waals surface area contributed by atoms with Gasteiger partial charge in [-0.05, 0) is 66.8 Å². The monoisotopic (exact) mass is 366 g/mol. The van der Waals surface area contributed by atoms with E-state index in [1.807, 2.05) is 12.1 Å². The van der Waals surface area contributed by atoms with E-state index in [1.165, 1.54) is 23.2 Å². The van der Waals surface area contributed by atoms with Crippen LogP contribution in [0.3, 0.4) is 0 Å². The Balaban J connectivity index is 1.66. The topological polar surface area (TPSA) is 45.9 Å². The van der Waals surface area contributed by atoms with Crippen molar-refractivity contribution in [2.75, 3.05) is 7.11 Å². The van der Waals surface area contributed by atoms with Crippen LogP contribution < -0.4 is 4.74 Å². The van der Waals surface area contributed by atoms with E-state index in [1.54, 1.807) is 13.3 Å². The fraction of sp³-hybridized carbons (Fsp3) is 0.455. The van der Waals surface area contributed by atoms with Crippen molar-refractivity contribution in [1.82, 2.24) is 4.98 Å². The van der Waals surface area contributed by atoms with Gasteiger partial charge in [-0.1, -0.05) is 30.2 Å². The van der Waals surface area contributed by atoms with Gasteiger partial charge in [-0.25, -0.2) is 0 Å². The van der Waals surface area contributed by atoms with Gasteiger partial charge >= 0.3 is 0 Å². The lowest BCUT2D eigenvalue weighted by Gasteiger charge is -2.46. The van der Waals surface area contributed by atoms with E-state index in [0.717, 1.165) is 37.9 Å². The summed E-state index contributed by atoms with van der Waals surface area (Å²) in [5.74, 6) is 1.46. The molecule has 1 aromatic carbocycles. The molecule has 1 unspecified atom stereocenters. The summed E-state index contributed by atoms with van der Waals surface area (Å²) in [6.45, 7) is 0. The number of benzene rings is 1. The smallest absolute Gasteiger partial charge is 0.118 e. The minimum atomic E-state index is 0.113. The van der Waals surface area contributed by atoms with E-state index in [9.17, 15) is 5.26 Å². The lowest BCUT2D eigenvalue weighted by atomic mass is 9.57. The van der Waals surface area contributed by atoms with E-state index >= 15 is 0 Å². The molecule has 0 radical (unpaired) electrons. The summed E-state index contributed by atoms with van der Waals surface area (Å²) in [6, 6.07) is 12.9. The number of rotatable bonds is 3. The average Bonchev–Trinajstić information content (AvgIpc) is 2.78. The van der Waals surface area contributed by atoms with Crippen LogP contribution in [-0.4, -0.2) is 12.1 Å². The number of nitrogens with zero attached hydrogens (tertiary/aromatic N) is 2. The average molecular weight is 367 g/mol. The van der Waals surface area contributed by atoms with E-state index < -0.39 is 0 Å². The van der Waals surface area contributed by atoms with E-state index in [-0.39, 0.29) is 11.3 Å². The molecule has 4 heteroatoms. The summed E-state index contributed by atoms with van der Waals surface area (Å²) in [7, 11) is 1.69. The zero-order chi connectivity index (χ0) is 18.1. The van der Waals surface area contributed by atoms with Crippen molar-refractivity contribution in [3.05, 3.63) is 58.4 Å². The van der Waals surface area contributed by atoms with Crippen LogP contribution in [0.5, 0.6) is 5.75 Å². The maximum Gasteiger partial charge on any atom is 0.118 e. The Morgan fingerprint density at radius 2 is 2.08 bits per heavy atom. The van der Waals surface area contributed by atoms with Gasteiger partial charge in [0.05, 0.1) is 18.2 Å². The quantitative estimate of drug-likeness (QED) is 0.728. The Kier molecular flexibility index (Phi) is 4.63. The lowest BCUT2D eigenvalue weighted by Crippen LogP contribution is -2.41. The Morgan fingerprint density at radius 3 is 2.77 bits per heavy atom. The summed E-state index contributed by atoms with van der Waals surface area (Å²) in [5.41, 5.74) is 3.91. The van der Waals surface area contributed by atoms with Crippen molar-refractivity contribution < 1.29 is 4.74 Å².